The number of fused-ring (bicyclic) bond motifs is 2. The number of hydrogen-bond acceptors (Lipinski definition) is 8. The molecule has 2 fully saturated rings. The number of halogens is 2. The minimum absolute atomic E-state index is 0.00285. The quantitative estimate of drug-likeness (QED) is 0.331. The number of nitrogens with zero attached hydrogens (tertiary/aromatic N) is 6. The van der Waals surface area contributed by atoms with Gasteiger partial charge in [0.1, 0.15) is 24.3 Å². The molecule has 9 nitrogen and oxygen atoms in total. The summed E-state index contributed by atoms with van der Waals surface area (Å²) >= 11 is 6.90. The first-order chi connectivity index (χ1) is 19.3. The Morgan fingerprint density at radius 2 is 2.02 bits per heavy atom. The molecule has 2 N–H and O–H groups in total. The highest BCUT2D eigenvalue weighted by molar-refractivity contribution is 6.35. The molecule has 2 aromatic heterocycles. The molecule has 4 aromatic rings. The van der Waals surface area contributed by atoms with E-state index in [2.05, 4.69) is 28.6 Å². The van der Waals surface area contributed by atoms with Crippen molar-refractivity contribution in [1.29, 1.82) is 0 Å². The zero-order valence-electron chi connectivity index (χ0n) is 22.9. The minimum atomic E-state index is -0.744. The van der Waals surface area contributed by atoms with Gasteiger partial charge in [-0.3, -0.25) is 10.00 Å². The van der Waals surface area contributed by atoms with Crippen LogP contribution in [0.2, 0.25) is 5.02 Å². The van der Waals surface area contributed by atoms with Gasteiger partial charge in [0.05, 0.1) is 23.3 Å². The average molecular weight is 566 g/mol. The number of aryl methyl sites for hydroxylation is 1. The maximum atomic E-state index is 16.8. The fourth-order valence-corrected chi connectivity index (χ4v) is 6.21. The molecular formula is C29H33ClFN7O2. The molecule has 1 unspecified atom stereocenters. The van der Waals surface area contributed by atoms with Gasteiger partial charge in [0, 0.05) is 53.6 Å². The lowest BCUT2D eigenvalue weighted by molar-refractivity contribution is 0.0000571. The molecule has 0 aliphatic carbocycles. The van der Waals surface area contributed by atoms with Crippen molar-refractivity contribution in [2.75, 3.05) is 42.8 Å². The number of rotatable bonds is 5. The molecule has 40 heavy (non-hydrogen) atoms. The molecule has 210 valence electrons. The second-order valence-electron chi connectivity index (χ2n) is 10.7. The highest BCUT2D eigenvalue weighted by Crippen LogP contribution is 2.43. The number of H-pyrrole nitrogens is 1. The number of ether oxygens (including phenoxy) is 1. The molecule has 0 spiro atoms. The Morgan fingerprint density at radius 1 is 1.20 bits per heavy atom. The zero-order valence-corrected chi connectivity index (χ0v) is 23.6. The van der Waals surface area contributed by atoms with Crippen molar-refractivity contribution in [3.63, 3.8) is 0 Å². The van der Waals surface area contributed by atoms with Gasteiger partial charge < -0.3 is 19.6 Å². The molecule has 3 atom stereocenters. The minimum Gasteiger partial charge on any atom is -0.375 e. The van der Waals surface area contributed by atoms with E-state index in [1.54, 1.807) is 12.3 Å². The molecule has 0 radical (unpaired) electrons. The SMILES string of the molecule is C=CC(O)N1C[C@H](C)N(c2nc(N3CCCOC3)nc3c(F)c(-c4c(C)ccc5[nH]ncc45)c(Cl)cc23)C[C@H]1C. The Bertz CT molecular complexity index is 1590. The third kappa shape index (κ3) is 4.49. The van der Waals surface area contributed by atoms with Crippen LogP contribution < -0.4 is 9.80 Å². The summed E-state index contributed by atoms with van der Waals surface area (Å²) in [5.41, 5.74) is 2.87. The van der Waals surface area contributed by atoms with Gasteiger partial charge >= 0.3 is 0 Å². The third-order valence-corrected chi connectivity index (χ3v) is 8.34. The third-order valence-electron chi connectivity index (χ3n) is 8.04. The predicted octanol–water partition coefficient (Wildman–Crippen LogP) is 4.86. The Hall–Kier alpha value is -3.31. The molecule has 0 saturated carbocycles. The molecule has 2 aliphatic heterocycles. The summed E-state index contributed by atoms with van der Waals surface area (Å²) < 4.78 is 22.5. The maximum absolute atomic E-state index is 16.8. The smallest absolute Gasteiger partial charge is 0.229 e. The number of aromatic nitrogens is 4. The highest BCUT2D eigenvalue weighted by atomic mass is 35.5. The number of aliphatic hydroxyl groups is 1. The van der Waals surface area contributed by atoms with Crippen LogP contribution in [0.3, 0.4) is 0 Å². The number of aliphatic hydroxyl groups excluding tert-OH is 1. The fraction of sp³-hybridized carbons (Fsp3) is 0.414. The lowest BCUT2D eigenvalue weighted by atomic mass is 9.95. The van der Waals surface area contributed by atoms with Crippen LogP contribution in [-0.2, 0) is 4.74 Å². The number of anilines is 2. The first-order valence-electron chi connectivity index (χ1n) is 13.6. The van der Waals surface area contributed by atoms with Crippen LogP contribution in [0.5, 0.6) is 0 Å². The van der Waals surface area contributed by atoms with Gasteiger partial charge in [-0.05, 0) is 51.0 Å². The summed E-state index contributed by atoms with van der Waals surface area (Å²) in [5.74, 6) is 0.535. The van der Waals surface area contributed by atoms with E-state index in [0.29, 0.717) is 61.3 Å². The van der Waals surface area contributed by atoms with Crippen molar-refractivity contribution in [2.24, 2.45) is 0 Å². The topological polar surface area (TPSA) is 93.6 Å². The van der Waals surface area contributed by atoms with E-state index in [4.69, 9.17) is 26.3 Å². The Morgan fingerprint density at radius 3 is 2.77 bits per heavy atom. The Labute approximate surface area is 237 Å². The first-order valence-corrected chi connectivity index (χ1v) is 13.9. The highest BCUT2D eigenvalue weighted by Gasteiger charge is 2.35. The van der Waals surface area contributed by atoms with Crippen LogP contribution in [0.4, 0.5) is 16.2 Å². The molecule has 0 bridgehead atoms. The van der Waals surface area contributed by atoms with Gasteiger partial charge in [0.2, 0.25) is 5.95 Å². The van der Waals surface area contributed by atoms with E-state index in [1.165, 1.54) is 6.08 Å². The lowest BCUT2D eigenvalue weighted by Gasteiger charge is -2.46. The van der Waals surface area contributed by atoms with Crippen molar-refractivity contribution >= 4 is 45.2 Å². The first kappa shape index (κ1) is 26.9. The summed E-state index contributed by atoms with van der Waals surface area (Å²) in [6.07, 6.45) is 3.32. The lowest BCUT2D eigenvalue weighted by Crippen LogP contribution is -2.59. The second-order valence-corrected chi connectivity index (χ2v) is 11.1. The maximum Gasteiger partial charge on any atom is 0.229 e. The van der Waals surface area contributed by atoms with Crippen LogP contribution in [0, 0.1) is 12.7 Å². The van der Waals surface area contributed by atoms with Crippen molar-refractivity contribution in [1.82, 2.24) is 25.1 Å². The monoisotopic (exact) mass is 565 g/mol. The Balaban J connectivity index is 1.56. The number of benzene rings is 2. The second kappa shape index (κ2) is 10.6. The Kier molecular flexibility index (Phi) is 7.12. The van der Waals surface area contributed by atoms with Crippen molar-refractivity contribution in [3.05, 3.63) is 53.5 Å². The van der Waals surface area contributed by atoms with Gasteiger partial charge in [0.15, 0.2) is 5.82 Å². The van der Waals surface area contributed by atoms with E-state index in [9.17, 15) is 5.11 Å². The molecule has 2 saturated heterocycles. The van der Waals surface area contributed by atoms with Gasteiger partial charge in [-0.15, -0.1) is 0 Å². The molecule has 2 aromatic carbocycles. The van der Waals surface area contributed by atoms with Crippen molar-refractivity contribution < 1.29 is 14.2 Å². The van der Waals surface area contributed by atoms with Crippen LogP contribution >= 0.6 is 11.6 Å². The molecule has 4 heterocycles. The molecule has 11 heteroatoms. The van der Waals surface area contributed by atoms with Gasteiger partial charge in [-0.2, -0.15) is 10.1 Å². The summed E-state index contributed by atoms with van der Waals surface area (Å²) in [4.78, 5) is 15.8. The number of aromatic amines is 1. The normalized spacial score (nSPS) is 21.4. The largest absolute Gasteiger partial charge is 0.375 e. The van der Waals surface area contributed by atoms with Crippen molar-refractivity contribution in [2.45, 2.75) is 45.5 Å². The number of nitrogens with one attached hydrogen (secondary N) is 1. The molecule has 2 aliphatic rings. The van der Waals surface area contributed by atoms with E-state index in [0.717, 1.165) is 22.9 Å². The van der Waals surface area contributed by atoms with Gasteiger partial charge in [0.25, 0.3) is 0 Å². The van der Waals surface area contributed by atoms with Crippen LogP contribution in [0.25, 0.3) is 32.9 Å². The average Bonchev–Trinajstić information content (AvgIpc) is 3.44. The summed E-state index contributed by atoms with van der Waals surface area (Å²) in [5, 5.41) is 19.2. The van der Waals surface area contributed by atoms with Crippen molar-refractivity contribution in [3.8, 4) is 11.1 Å². The fourth-order valence-electron chi connectivity index (χ4n) is 5.92. The predicted molar refractivity (Wildman–Crippen MR) is 156 cm³/mol. The van der Waals surface area contributed by atoms with Crippen LogP contribution in [0.1, 0.15) is 25.8 Å². The van der Waals surface area contributed by atoms with E-state index in [-0.39, 0.29) is 22.6 Å². The zero-order chi connectivity index (χ0) is 28.1. The van der Waals surface area contributed by atoms with Crippen LogP contribution in [-0.4, -0.2) is 81.5 Å². The standard InChI is InChI=1S/C29H33ClFN7O2/c1-5-23(39)37-13-18(4)38(14-17(37)3)28-19-11-21(30)25(24-16(2)7-8-22-20(24)12-32-35-22)26(31)27(19)33-29(34-28)36-9-6-10-40-15-36/h5,7-8,11-12,17-18,23,39H,1,6,9-10,13-15H2,2-4H3,(H,32,35)/t17-,18+,23?/m1/s1. The van der Waals surface area contributed by atoms with Gasteiger partial charge in [-0.25, -0.2) is 9.37 Å². The molecule has 6 rings (SSSR count). The van der Waals surface area contributed by atoms with Crippen LogP contribution in [0.15, 0.2) is 37.1 Å². The van der Waals surface area contributed by atoms with E-state index < -0.39 is 12.0 Å². The summed E-state index contributed by atoms with van der Waals surface area (Å²) in [6.45, 7) is 12.7. The summed E-state index contributed by atoms with van der Waals surface area (Å²) in [7, 11) is 0. The number of piperazine rings is 1. The molecule has 0 amide bonds. The summed E-state index contributed by atoms with van der Waals surface area (Å²) in [6, 6.07) is 5.60. The van der Waals surface area contributed by atoms with E-state index in [1.807, 2.05) is 35.8 Å². The van der Waals surface area contributed by atoms with Gasteiger partial charge in [-0.1, -0.05) is 24.2 Å². The molecular weight excluding hydrogens is 533 g/mol. The number of hydrogen-bond donors (Lipinski definition) is 2. The van der Waals surface area contributed by atoms with E-state index >= 15 is 4.39 Å².